The highest BCUT2D eigenvalue weighted by Gasteiger charge is 2.15. The van der Waals surface area contributed by atoms with Gasteiger partial charge in [0.1, 0.15) is 0 Å². The van der Waals surface area contributed by atoms with Crippen LogP contribution in [0, 0.1) is 5.92 Å². The first-order valence-electron chi connectivity index (χ1n) is 8.03. The van der Waals surface area contributed by atoms with Crippen molar-refractivity contribution in [2.24, 2.45) is 5.92 Å². The van der Waals surface area contributed by atoms with E-state index in [-0.39, 0.29) is 0 Å². The number of hydrogen-bond acceptors (Lipinski definition) is 2. The van der Waals surface area contributed by atoms with E-state index in [1.807, 2.05) is 0 Å². The lowest BCUT2D eigenvalue weighted by Crippen LogP contribution is -2.38. The summed E-state index contributed by atoms with van der Waals surface area (Å²) in [4.78, 5) is 2.59. The monoisotopic (exact) mass is 272 g/mol. The fraction of sp³-hybridized carbons (Fsp3) is 0.556. The van der Waals surface area contributed by atoms with Gasteiger partial charge in [-0.05, 0) is 50.4 Å². The molecule has 1 atom stereocenters. The Labute approximate surface area is 123 Å². The lowest BCUT2D eigenvalue weighted by atomic mass is 9.99. The predicted octanol–water partition coefficient (Wildman–Crippen LogP) is 3.41. The Morgan fingerprint density at radius 3 is 2.85 bits per heavy atom. The highest BCUT2D eigenvalue weighted by molar-refractivity contribution is 5.48. The number of nitrogens with one attached hydrogen (secondary N) is 1. The predicted molar refractivity (Wildman–Crippen MR) is 87.8 cm³/mol. The molecule has 1 heterocycles. The van der Waals surface area contributed by atoms with Crippen LogP contribution in [0.3, 0.4) is 0 Å². The molecular weight excluding hydrogens is 244 g/mol. The van der Waals surface area contributed by atoms with Crippen molar-refractivity contribution in [1.29, 1.82) is 0 Å². The van der Waals surface area contributed by atoms with Gasteiger partial charge in [0.2, 0.25) is 0 Å². The molecule has 1 N–H and O–H groups in total. The normalized spacial score (nSPS) is 19.8. The number of hydrogen-bond donors (Lipinski definition) is 1. The van der Waals surface area contributed by atoms with E-state index in [0.717, 1.165) is 12.5 Å². The molecule has 0 spiro atoms. The molecule has 1 aromatic rings. The third kappa shape index (κ3) is 5.48. The lowest BCUT2D eigenvalue weighted by molar-refractivity contribution is 0.225. The van der Waals surface area contributed by atoms with E-state index in [2.05, 4.69) is 59.6 Å². The highest BCUT2D eigenvalue weighted by Crippen LogP contribution is 2.12. The molecule has 1 aliphatic heterocycles. The minimum absolute atomic E-state index is 0.834. The molecule has 0 bridgehead atoms. The Morgan fingerprint density at radius 1 is 1.30 bits per heavy atom. The van der Waals surface area contributed by atoms with E-state index < -0.39 is 0 Å². The smallest absolute Gasteiger partial charge is 0.0166 e. The third-order valence-electron chi connectivity index (χ3n) is 3.93. The fourth-order valence-corrected chi connectivity index (χ4v) is 2.92. The minimum Gasteiger partial charge on any atom is -0.316 e. The molecule has 1 unspecified atom stereocenters. The Bertz CT molecular complexity index is 380. The van der Waals surface area contributed by atoms with Gasteiger partial charge in [-0.25, -0.2) is 0 Å². The van der Waals surface area contributed by atoms with Crippen LogP contribution in [0.25, 0.3) is 6.08 Å². The van der Waals surface area contributed by atoms with Gasteiger partial charge in [-0.1, -0.05) is 49.4 Å². The molecule has 1 fully saturated rings. The van der Waals surface area contributed by atoms with Gasteiger partial charge in [-0.15, -0.1) is 0 Å². The van der Waals surface area contributed by atoms with Gasteiger partial charge in [-0.3, -0.25) is 4.90 Å². The second kappa shape index (κ2) is 8.93. The van der Waals surface area contributed by atoms with Gasteiger partial charge >= 0.3 is 0 Å². The second-order valence-electron chi connectivity index (χ2n) is 5.79. The van der Waals surface area contributed by atoms with Crippen LogP contribution in [0.2, 0.25) is 0 Å². The second-order valence-corrected chi connectivity index (χ2v) is 5.79. The average Bonchev–Trinajstić information content (AvgIpc) is 2.49. The van der Waals surface area contributed by atoms with Crippen LogP contribution < -0.4 is 5.32 Å². The Morgan fingerprint density at radius 2 is 2.15 bits per heavy atom. The van der Waals surface area contributed by atoms with Crippen molar-refractivity contribution >= 4 is 6.08 Å². The average molecular weight is 272 g/mol. The molecule has 110 valence electrons. The van der Waals surface area contributed by atoms with Crippen molar-refractivity contribution in [1.82, 2.24) is 10.2 Å². The molecule has 0 amide bonds. The number of nitrogens with zero attached hydrogens (tertiary/aromatic N) is 1. The molecule has 0 radical (unpaired) electrons. The summed E-state index contributed by atoms with van der Waals surface area (Å²) in [6.45, 7) is 8.18. The summed E-state index contributed by atoms with van der Waals surface area (Å²) in [7, 11) is 0. The van der Waals surface area contributed by atoms with Crippen LogP contribution >= 0.6 is 0 Å². The first kappa shape index (κ1) is 15.3. The summed E-state index contributed by atoms with van der Waals surface area (Å²) >= 11 is 0. The van der Waals surface area contributed by atoms with Gasteiger partial charge in [-0.2, -0.15) is 0 Å². The topological polar surface area (TPSA) is 15.3 Å². The lowest BCUT2D eigenvalue weighted by Gasteiger charge is -2.29. The number of rotatable bonds is 7. The minimum atomic E-state index is 0.834. The Kier molecular flexibility index (Phi) is 6.82. The number of benzene rings is 1. The van der Waals surface area contributed by atoms with Gasteiger partial charge in [0, 0.05) is 13.1 Å². The van der Waals surface area contributed by atoms with Gasteiger partial charge < -0.3 is 5.32 Å². The molecule has 1 aromatic carbocycles. The van der Waals surface area contributed by atoms with Crippen molar-refractivity contribution in [2.45, 2.75) is 26.2 Å². The van der Waals surface area contributed by atoms with Crippen LogP contribution in [-0.4, -0.2) is 37.6 Å². The molecule has 2 heteroatoms. The highest BCUT2D eigenvalue weighted by atomic mass is 15.1. The van der Waals surface area contributed by atoms with E-state index in [9.17, 15) is 0 Å². The van der Waals surface area contributed by atoms with Crippen molar-refractivity contribution in [3.63, 3.8) is 0 Å². The fourth-order valence-electron chi connectivity index (χ4n) is 2.92. The molecule has 2 nitrogen and oxygen atoms in total. The zero-order chi connectivity index (χ0) is 14.0. The van der Waals surface area contributed by atoms with Crippen LogP contribution in [0.1, 0.15) is 31.7 Å². The number of piperidine rings is 1. The Balaban J connectivity index is 1.80. The van der Waals surface area contributed by atoms with Gasteiger partial charge in [0.15, 0.2) is 0 Å². The molecule has 0 aromatic heterocycles. The van der Waals surface area contributed by atoms with E-state index in [0.29, 0.717) is 0 Å². The molecule has 0 aliphatic carbocycles. The van der Waals surface area contributed by atoms with Crippen LogP contribution in [0.15, 0.2) is 36.4 Å². The Hall–Kier alpha value is -1.12. The first-order chi connectivity index (χ1) is 9.88. The molecule has 1 saturated heterocycles. The molecule has 2 rings (SSSR count). The van der Waals surface area contributed by atoms with Crippen LogP contribution in [0.4, 0.5) is 0 Å². The molecule has 20 heavy (non-hydrogen) atoms. The van der Waals surface area contributed by atoms with E-state index in [1.54, 1.807) is 0 Å². The summed E-state index contributed by atoms with van der Waals surface area (Å²) < 4.78 is 0. The summed E-state index contributed by atoms with van der Waals surface area (Å²) in [5, 5.41) is 3.52. The summed E-state index contributed by atoms with van der Waals surface area (Å²) in [5.74, 6) is 0.834. The van der Waals surface area contributed by atoms with Crippen molar-refractivity contribution in [2.75, 3.05) is 32.7 Å². The summed E-state index contributed by atoms with van der Waals surface area (Å²) in [6.07, 6.45) is 8.50. The van der Waals surface area contributed by atoms with E-state index in [4.69, 9.17) is 0 Å². The third-order valence-corrected chi connectivity index (χ3v) is 3.93. The van der Waals surface area contributed by atoms with E-state index in [1.165, 1.54) is 51.0 Å². The van der Waals surface area contributed by atoms with E-state index >= 15 is 0 Å². The van der Waals surface area contributed by atoms with Crippen molar-refractivity contribution < 1.29 is 0 Å². The molecule has 0 saturated carbocycles. The van der Waals surface area contributed by atoms with Gasteiger partial charge in [0.25, 0.3) is 0 Å². The quantitative estimate of drug-likeness (QED) is 0.818. The zero-order valence-electron chi connectivity index (χ0n) is 12.7. The molecule has 1 aliphatic rings. The SMILES string of the molecule is CCCN(C/C=C/c1ccccc1)CC1CCCNC1. The molecular formula is C18H28N2. The van der Waals surface area contributed by atoms with Crippen LogP contribution in [-0.2, 0) is 0 Å². The van der Waals surface area contributed by atoms with Crippen LogP contribution in [0.5, 0.6) is 0 Å². The standard InChI is InChI=1S/C18H28N2/c1-2-13-20(16-18-10-6-12-19-15-18)14-7-11-17-8-4-3-5-9-17/h3-5,7-9,11,18-19H,2,6,10,12-16H2,1H3/b11-7+. The maximum atomic E-state index is 3.52. The zero-order valence-corrected chi connectivity index (χ0v) is 12.7. The van der Waals surface area contributed by atoms with Crippen molar-refractivity contribution in [3.8, 4) is 0 Å². The maximum absolute atomic E-state index is 3.52. The summed E-state index contributed by atoms with van der Waals surface area (Å²) in [5.41, 5.74) is 1.29. The van der Waals surface area contributed by atoms with Gasteiger partial charge in [0.05, 0.1) is 0 Å². The maximum Gasteiger partial charge on any atom is 0.0166 e. The summed E-state index contributed by atoms with van der Waals surface area (Å²) in [6, 6.07) is 10.6. The van der Waals surface area contributed by atoms with Crippen molar-refractivity contribution in [3.05, 3.63) is 42.0 Å². The largest absolute Gasteiger partial charge is 0.316 e. The first-order valence-corrected chi connectivity index (χ1v) is 8.03.